The third kappa shape index (κ3) is 5.03. The molecule has 9 nitrogen and oxygen atoms in total. The topological polar surface area (TPSA) is 110 Å². The van der Waals surface area contributed by atoms with Gasteiger partial charge in [-0.1, -0.05) is 6.07 Å². The van der Waals surface area contributed by atoms with Crippen molar-refractivity contribution in [1.82, 2.24) is 19.9 Å². The number of carbonyl (C=O) groups is 1. The van der Waals surface area contributed by atoms with E-state index >= 15 is 0 Å². The molecule has 1 aliphatic heterocycles. The first-order chi connectivity index (χ1) is 16.5. The van der Waals surface area contributed by atoms with Gasteiger partial charge in [-0.2, -0.15) is 4.98 Å². The maximum Gasteiger partial charge on any atom is 0.248 e. The second-order valence-electron chi connectivity index (χ2n) is 8.63. The number of benzene rings is 1. The minimum absolute atomic E-state index is 0.0231. The Bertz CT molecular complexity index is 1180. The van der Waals surface area contributed by atoms with Crippen LogP contribution in [0.3, 0.4) is 0 Å². The van der Waals surface area contributed by atoms with Gasteiger partial charge in [0.25, 0.3) is 0 Å². The van der Waals surface area contributed by atoms with Gasteiger partial charge in [-0.15, -0.1) is 11.3 Å². The number of carbonyl (C=O) groups excluding carboxylic acids is 1. The Balaban J connectivity index is 1.25. The van der Waals surface area contributed by atoms with Crippen molar-refractivity contribution < 1.29 is 19.4 Å². The summed E-state index contributed by atoms with van der Waals surface area (Å²) < 4.78 is 10.9. The van der Waals surface area contributed by atoms with Gasteiger partial charge in [0.15, 0.2) is 0 Å². The Morgan fingerprint density at radius 2 is 2.18 bits per heavy atom. The van der Waals surface area contributed by atoms with Crippen molar-refractivity contribution in [3.05, 3.63) is 47.2 Å². The average molecular weight is 482 g/mol. The van der Waals surface area contributed by atoms with Crippen molar-refractivity contribution in [2.75, 3.05) is 38.2 Å². The quantitative estimate of drug-likeness (QED) is 0.505. The van der Waals surface area contributed by atoms with E-state index in [2.05, 4.69) is 26.3 Å². The number of thiazole rings is 1. The molecule has 1 saturated carbocycles. The molecule has 1 saturated heterocycles. The fourth-order valence-corrected chi connectivity index (χ4v) is 5.05. The molecule has 0 atom stereocenters. The first-order valence-corrected chi connectivity index (χ1v) is 12.2. The number of rotatable bonds is 8. The normalized spacial score (nSPS) is 17.4. The third-order valence-electron chi connectivity index (χ3n) is 6.03. The van der Waals surface area contributed by atoms with Gasteiger partial charge in [0.05, 0.1) is 18.0 Å². The van der Waals surface area contributed by atoms with Crippen LogP contribution in [0.5, 0.6) is 5.88 Å². The van der Waals surface area contributed by atoms with Gasteiger partial charge >= 0.3 is 0 Å². The lowest BCUT2D eigenvalue weighted by atomic mass is 9.81. The number of hydrogen-bond acceptors (Lipinski definition) is 9. The van der Waals surface area contributed by atoms with Crippen LogP contribution in [-0.4, -0.2) is 63.8 Å². The lowest BCUT2D eigenvalue weighted by molar-refractivity contribution is -0.143. The third-order valence-corrected chi connectivity index (χ3v) is 7.27. The zero-order valence-electron chi connectivity index (χ0n) is 19.0. The van der Waals surface area contributed by atoms with Crippen molar-refractivity contribution in [3.63, 3.8) is 0 Å². The number of morpholine rings is 1. The molecule has 1 amide bonds. The second-order valence-corrected chi connectivity index (χ2v) is 9.66. The van der Waals surface area contributed by atoms with Crippen LogP contribution in [0.4, 0.5) is 11.6 Å². The van der Waals surface area contributed by atoms with E-state index in [0.717, 1.165) is 46.0 Å². The summed E-state index contributed by atoms with van der Waals surface area (Å²) in [6.45, 7) is 4.12. The Hall–Kier alpha value is -3.08. The SMILES string of the molecule is Cc1cc(Nc2nccc(OCCN3CCOCC3=O)n2)cc(-c2cnc(C3(O)CCC3)s2)c1. The predicted octanol–water partition coefficient (Wildman–Crippen LogP) is 3.26. The van der Waals surface area contributed by atoms with Crippen LogP contribution in [0, 0.1) is 6.92 Å². The van der Waals surface area contributed by atoms with Crippen LogP contribution in [0.25, 0.3) is 10.4 Å². The number of aliphatic hydroxyl groups is 1. The molecule has 0 radical (unpaired) electrons. The molecule has 3 aromatic rings. The zero-order chi connectivity index (χ0) is 23.5. The minimum Gasteiger partial charge on any atom is -0.476 e. The number of anilines is 2. The Morgan fingerprint density at radius 1 is 1.29 bits per heavy atom. The number of hydrogen-bond donors (Lipinski definition) is 2. The fraction of sp³-hybridized carbons (Fsp3) is 0.417. The molecule has 0 bridgehead atoms. The fourth-order valence-electron chi connectivity index (χ4n) is 4.00. The van der Waals surface area contributed by atoms with E-state index in [0.29, 0.717) is 38.1 Å². The number of ether oxygens (including phenoxy) is 2. The van der Waals surface area contributed by atoms with Crippen LogP contribution in [-0.2, 0) is 15.1 Å². The van der Waals surface area contributed by atoms with Crippen LogP contribution in [0.1, 0.15) is 29.8 Å². The summed E-state index contributed by atoms with van der Waals surface area (Å²) in [5, 5.41) is 14.6. The maximum atomic E-state index is 11.8. The van der Waals surface area contributed by atoms with E-state index in [1.807, 2.05) is 25.3 Å². The summed E-state index contributed by atoms with van der Waals surface area (Å²) in [4.78, 5) is 27.8. The average Bonchev–Trinajstić information content (AvgIpc) is 3.30. The van der Waals surface area contributed by atoms with Gasteiger partial charge in [-0.05, 0) is 49.4 Å². The van der Waals surface area contributed by atoms with Crippen LogP contribution in [0.2, 0.25) is 0 Å². The highest BCUT2D eigenvalue weighted by Crippen LogP contribution is 2.44. The molecule has 2 aromatic heterocycles. The van der Waals surface area contributed by atoms with Crippen molar-refractivity contribution in [1.29, 1.82) is 0 Å². The summed E-state index contributed by atoms with van der Waals surface area (Å²) in [7, 11) is 0. The Morgan fingerprint density at radius 3 is 2.97 bits per heavy atom. The number of nitrogens with zero attached hydrogens (tertiary/aromatic N) is 4. The molecular weight excluding hydrogens is 454 g/mol. The van der Waals surface area contributed by atoms with Gasteiger partial charge in [-0.3, -0.25) is 4.79 Å². The molecule has 0 spiro atoms. The molecule has 1 aromatic carbocycles. The highest BCUT2D eigenvalue weighted by Gasteiger charge is 2.39. The lowest BCUT2D eigenvalue weighted by Gasteiger charge is -2.34. The molecule has 1 aliphatic carbocycles. The largest absolute Gasteiger partial charge is 0.476 e. The predicted molar refractivity (Wildman–Crippen MR) is 128 cm³/mol. The molecule has 2 N–H and O–H groups in total. The zero-order valence-corrected chi connectivity index (χ0v) is 19.8. The molecule has 2 fully saturated rings. The molecule has 5 rings (SSSR count). The first kappa shape index (κ1) is 22.7. The molecule has 2 aliphatic rings. The van der Waals surface area contributed by atoms with E-state index < -0.39 is 5.60 Å². The first-order valence-electron chi connectivity index (χ1n) is 11.4. The van der Waals surface area contributed by atoms with E-state index in [9.17, 15) is 9.90 Å². The van der Waals surface area contributed by atoms with Gasteiger partial charge in [0.1, 0.15) is 23.8 Å². The summed E-state index contributed by atoms with van der Waals surface area (Å²) in [5.74, 6) is 0.835. The summed E-state index contributed by atoms with van der Waals surface area (Å²) >= 11 is 1.54. The highest BCUT2D eigenvalue weighted by molar-refractivity contribution is 7.15. The van der Waals surface area contributed by atoms with E-state index in [1.165, 1.54) is 11.3 Å². The smallest absolute Gasteiger partial charge is 0.248 e. The minimum atomic E-state index is -0.753. The second kappa shape index (κ2) is 9.65. The Kier molecular flexibility index (Phi) is 6.44. The molecule has 178 valence electrons. The van der Waals surface area contributed by atoms with E-state index in [4.69, 9.17) is 9.47 Å². The van der Waals surface area contributed by atoms with Crippen molar-refractivity contribution in [2.24, 2.45) is 0 Å². The van der Waals surface area contributed by atoms with Crippen LogP contribution >= 0.6 is 11.3 Å². The maximum absolute atomic E-state index is 11.8. The van der Waals surface area contributed by atoms with Crippen molar-refractivity contribution in [3.8, 4) is 16.3 Å². The molecular formula is C24H27N5O4S. The molecule has 0 unspecified atom stereocenters. The monoisotopic (exact) mass is 481 g/mol. The number of aromatic nitrogens is 3. The van der Waals surface area contributed by atoms with Gasteiger partial charge in [0, 0.05) is 30.7 Å². The summed E-state index contributed by atoms with van der Waals surface area (Å²) in [6, 6.07) is 7.83. The number of aryl methyl sites for hydroxylation is 1. The van der Waals surface area contributed by atoms with E-state index in [1.54, 1.807) is 17.2 Å². The van der Waals surface area contributed by atoms with Crippen molar-refractivity contribution >= 4 is 28.9 Å². The van der Waals surface area contributed by atoms with Crippen LogP contribution < -0.4 is 10.1 Å². The number of nitrogens with one attached hydrogen (secondary N) is 1. The van der Waals surface area contributed by atoms with E-state index in [-0.39, 0.29) is 12.5 Å². The summed E-state index contributed by atoms with van der Waals surface area (Å²) in [5.41, 5.74) is 2.21. The van der Waals surface area contributed by atoms with Gasteiger partial charge in [0.2, 0.25) is 17.7 Å². The van der Waals surface area contributed by atoms with Gasteiger partial charge < -0.3 is 24.8 Å². The number of amides is 1. The van der Waals surface area contributed by atoms with Crippen molar-refractivity contribution in [2.45, 2.75) is 31.8 Å². The van der Waals surface area contributed by atoms with Crippen LogP contribution in [0.15, 0.2) is 36.7 Å². The molecule has 34 heavy (non-hydrogen) atoms. The van der Waals surface area contributed by atoms with Gasteiger partial charge in [-0.25, -0.2) is 9.97 Å². The standard InChI is InChI=1S/C24H27N5O4S/c1-16-11-17(19-14-26-22(34-19)24(31)4-2-5-24)13-18(12-16)27-23-25-6-3-20(28-23)33-10-8-29-7-9-32-15-21(29)30/h3,6,11-14,31H,2,4-5,7-10,15H2,1H3,(H,25,27,28). The summed E-state index contributed by atoms with van der Waals surface area (Å²) in [6.07, 6.45) is 6.06. The Labute approximate surface area is 201 Å². The lowest BCUT2D eigenvalue weighted by Crippen LogP contribution is -2.43. The molecule has 3 heterocycles. The molecule has 10 heteroatoms. The highest BCUT2D eigenvalue weighted by atomic mass is 32.1.